The smallest absolute Gasteiger partial charge is 0.337 e. The third-order valence-corrected chi connectivity index (χ3v) is 3.85. The minimum Gasteiger partial charge on any atom is -0.478 e. The number of nitrogens with zero attached hydrogens (tertiary/aromatic N) is 2. The van der Waals surface area contributed by atoms with Crippen LogP contribution in [0.2, 0.25) is 10.0 Å². The molecule has 1 N–H and O–H groups in total. The highest BCUT2D eigenvalue weighted by molar-refractivity contribution is 6.38. The molecule has 1 aromatic heterocycles. The van der Waals surface area contributed by atoms with Gasteiger partial charge in [0.25, 0.3) is 0 Å². The van der Waals surface area contributed by atoms with Crippen LogP contribution < -0.4 is 0 Å². The molecule has 6 heteroatoms. The molecule has 0 atom stereocenters. The van der Waals surface area contributed by atoms with Gasteiger partial charge in [0.1, 0.15) is 5.82 Å². The van der Waals surface area contributed by atoms with E-state index in [-0.39, 0.29) is 5.56 Å². The number of carboxylic acids is 1. The number of aromatic carboxylic acids is 1. The van der Waals surface area contributed by atoms with Crippen LogP contribution in [-0.4, -0.2) is 20.6 Å². The van der Waals surface area contributed by atoms with E-state index in [9.17, 15) is 9.90 Å². The summed E-state index contributed by atoms with van der Waals surface area (Å²) in [4.78, 5) is 15.9. The van der Waals surface area contributed by atoms with Crippen molar-refractivity contribution >= 4 is 40.2 Å². The lowest BCUT2D eigenvalue weighted by atomic mass is 10.1. The fourth-order valence-corrected chi connectivity index (χ4v) is 2.96. The molecule has 1 heterocycles. The number of para-hydroxylation sites is 2. The summed E-state index contributed by atoms with van der Waals surface area (Å²) < 4.78 is 1.68. The lowest BCUT2D eigenvalue weighted by Crippen LogP contribution is -2.04. The van der Waals surface area contributed by atoms with E-state index in [1.54, 1.807) is 41.8 Å². The normalized spacial score (nSPS) is 11.0. The first-order valence-electron chi connectivity index (χ1n) is 6.16. The number of rotatable bonds is 2. The van der Waals surface area contributed by atoms with Crippen molar-refractivity contribution in [2.75, 3.05) is 0 Å². The van der Waals surface area contributed by atoms with Gasteiger partial charge in [-0.05, 0) is 31.2 Å². The molecule has 0 aliphatic heterocycles. The second kappa shape index (κ2) is 5.06. The van der Waals surface area contributed by atoms with E-state index >= 15 is 0 Å². The molecular weight excluding hydrogens is 311 g/mol. The van der Waals surface area contributed by atoms with Crippen LogP contribution in [0.25, 0.3) is 16.7 Å². The van der Waals surface area contributed by atoms with Crippen LogP contribution in [0.15, 0.2) is 36.4 Å². The number of carboxylic acid groups (broad SMARTS) is 1. The number of halogens is 2. The molecule has 0 radical (unpaired) electrons. The van der Waals surface area contributed by atoms with E-state index in [4.69, 9.17) is 23.2 Å². The number of imidazole rings is 1. The highest BCUT2D eigenvalue weighted by atomic mass is 35.5. The van der Waals surface area contributed by atoms with Gasteiger partial charge >= 0.3 is 5.97 Å². The average Bonchev–Trinajstić information content (AvgIpc) is 2.75. The number of benzene rings is 2. The van der Waals surface area contributed by atoms with Crippen molar-refractivity contribution < 1.29 is 9.90 Å². The first kappa shape index (κ1) is 13.9. The number of hydrogen-bond donors (Lipinski definition) is 1. The fourth-order valence-electron chi connectivity index (χ4n) is 2.39. The molecule has 0 saturated heterocycles. The number of fused-ring (bicyclic) bond motifs is 1. The summed E-state index contributed by atoms with van der Waals surface area (Å²) >= 11 is 12.5. The van der Waals surface area contributed by atoms with E-state index in [0.717, 1.165) is 0 Å². The molecule has 0 bridgehead atoms. The van der Waals surface area contributed by atoms with Crippen molar-refractivity contribution in [3.05, 3.63) is 57.8 Å². The van der Waals surface area contributed by atoms with Crippen molar-refractivity contribution in [2.24, 2.45) is 0 Å². The lowest BCUT2D eigenvalue weighted by molar-refractivity contribution is 0.0698. The first-order valence-corrected chi connectivity index (χ1v) is 6.92. The fraction of sp³-hybridized carbons (Fsp3) is 0.0667. The summed E-state index contributed by atoms with van der Waals surface area (Å²) in [6, 6.07) is 10.1. The van der Waals surface area contributed by atoms with Gasteiger partial charge in [-0.2, -0.15) is 0 Å². The maximum Gasteiger partial charge on any atom is 0.337 e. The van der Waals surface area contributed by atoms with Crippen molar-refractivity contribution in [1.29, 1.82) is 0 Å². The van der Waals surface area contributed by atoms with Crippen molar-refractivity contribution in [1.82, 2.24) is 9.55 Å². The SMILES string of the molecule is Cc1nc2cccc(C(=O)O)c2n1-c1c(Cl)cccc1Cl. The zero-order chi connectivity index (χ0) is 15.1. The molecule has 3 rings (SSSR count). The highest BCUT2D eigenvalue weighted by Crippen LogP contribution is 2.33. The Hall–Kier alpha value is -2.04. The van der Waals surface area contributed by atoms with Crippen LogP contribution in [0.3, 0.4) is 0 Å². The van der Waals surface area contributed by atoms with E-state index in [1.165, 1.54) is 6.07 Å². The second-order valence-corrected chi connectivity index (χ2v) is 5.36. The zero-order valence-corrected chi connectivity index (χ0v) is 12.5. The second-order valence-electron chi connectivity index (χ2n) is 4.54. The largest absolute Gasteiger partial charge is 0.478 e. The third kappa shape index (κ3) is 2.17. The summed E-state index contributed by atoms with van der Waals surface area (Å²) in [6.07, 6.45) is 0. The van der Waals surface area contributed by atoms with Crippen LogP contribution in [0.5, 0.6) is 0 Å². The van der Waals surface area contributed by atoms with Gasteiger partial charge in [-0.25, -0.2) is 9.78 Å². The maximum atomic E-state index is 11.5. The van der Waals surface area contributed by atoms with E-state index in [1.807, 2.05) is 0 Å². The van der Waals surface area contributed by atoms with Gasteiger partial charge in [-0.15, -0.1) is 0 Å². The summed E-state index contributed by atoms with van der Waals surface area (Å²) in [7, 11) is 0. The molecule has 3 aromatic rings. The van der Waals surface area contributed by atoms with Gasteiger partial charge in [-0.3, -0.25) is 4.57 Å². The molecule has 0 aliphatic rings. The van der Waals surface area contributed by atoms with Gasteiger partial charge in [0, 0.05) is 0 Å². The standard InChI is InChI=1S/C15H10Cl2N2O2/c1-8-18-12-7-2-4-9(15(20)21)13(12)19(8)14-10(16)5-3-6-11(14)17/h2-7H,1H3,(H,20,21). The zero-order valence-electron chi connectivity index (χ0n) is 11.0. The van der Waals surface area contributed by atoms with Crippen LogP contribution in [0.4, 0.5) is 0 Å². The molecule has 0 fully saturated rings. The molecule has 21 heavy (non-hydrogen) atoms. The van der Waals surface area contributed by atoms with E-state index < -0.39 is 5.97 Å². The predicted octanol–water partition coefficient (Wildman–Crippen LogP) is 4.34. The van der Waals surface area contributed by atoms with Crippen LogP contribution >= 0.6 is 23.2 Å². The van der Waals surface area contributed by atoms with Crippen LogP contribution in [-0.2, 0) is 0 Å². The van der Waals surface area contributed by atoms with E-state index in [0.29, 0.717) is 32.6 Å². The van der Waals surface area contributed by atoms with Crippen LogP contribution in [0.1, 0.15) is 16.2 Å². The van der Waals surface area contributed by atoms with Gasteiger partial charge in [0.05, 0.1) is 32.3 Å². The van der Waals surface area contributed by atoms with Gasteiger partial charge in [0.2, 0.25) is 0 Å². The minimum atomic E-state index is -1.02. The average molecular weight is 321 g/mol. The molecule has 0 saturated carbocycles. The summed E-state index contributed by atoms with van der Waals surface area (Å²) in [5, 5.41) is 10.3. The molecule has 106 valence electrons. The molecular formula is C15H10Cl2N2O2. The Bertz CT molecular complexity index is 851. The van der Waals surface area contributed by atoms with Crippen molar-refractivity contribution in [3.8, 4) is 5.69 Å². The first-order chi connectivity index (χ1) is 10.0. The Morgan fingerprint density at radius 2 is 1.76 bits per heavy atom. The number of aryl methyl sites for hydroxylation is 1. The van der Waals surface area contributed by atoms with E-state index in [2.05, 4.69) is 4.98 Å². The highest BCUT2D eigenvalue weighted by Gasteiger charge is 2.19. The van der Waals surface area contributed by atoms with Crippen LogP contribution in [0, 0.1) is 6.92 Å². The van der Waals surface area contributed by atoms with Crippen molar-refractivity contribution in [2.45, 2.75) is 6.92 Å². The summed E-state index contributed by atoms with van der Waals surface area (Å²) in [5.74, 6) is -0.404. The Kier molecular flexibility index (Phi) is 3.35. The minimum absolute atomic E-state index is 0.157. The van der Waals surface area contributed by atoms with Gasteiger partial charge in [0.15, 0.2) is 0 Å². The Labute approximate surface area is 130 Å². The van der Waals surface area contributed by atoms with Gasteiger partial charge < -0.3 is 5.11 Å². The molecule has 0 unspecified atom stereocenters. The third-order valence-electron chi connectivity index (χ3n) is 3.24. The number of carbonyl (C=O) groups is 1. The molecule has 4 nitrogen and oxygen atoms in total. The number of aromatic nitrogens is 2. The molecule has 0 amide bonds. The Balaban J connectivity index is 2.48. The quantitative estimate of drug-likeness (QED) is 0.764. The maximum absolute atomic E-state index is 11.5. The monoisotopic (exact) mass is 320 g/mol. The molecule has 2 aromatic carbocycles. The lowest BCUT2D eigenvalue weighted by Gasteiger charge is -2.12. The summed E-state index contributed by atoms with van der Waals surface area (Å²) in [6.45, 7) is 1.78. The predicted molar refractivity (Wildman–Crippen MR) is 82.8 cm³/mol. The molecule has 0 aliphatic carbocycles. The van der Waals surface area contributed by atoms with Gasteiger partial charge in [-0.1, -0.05) is 35.3 Å². The number of hydrogen-bond acceptors (Lipinski definition) is 2. The van der Waals surface area contributed by atoms with Crippen molar-refractivity contribution in [3.63, 3.8) is 0 Å². The Morgan fingerprint density at radius 3 is 2.38 bits per heavy atom. The summed E-state index contributed by atoms with van der Waals surface area (Å²) in [5.41, 5.74) is 1.76. The Morgan fingerprint density at radius 1 is 1.14 bits per heavy atom. The topological polar surface area (TPSA) is 55.1 Å². The molecule has 0 spiro atoms.